The molecule has 0 bridgehead atoms. The number of anilines is 1. The minimum Gasteiger partial charge on any atom is -0.457 e. The lowest BCUT2D eigenvalue weighted by Gasteiger charge is -2.24. The van der Waals surface area contributed by atoms with Gasteiger partial charge in [0.15, 0.2) is 0 Å². The van der Waals surface area contributed by atoms with Gasteiger partial charge in [0.05, 0.1) is 11.3 Å². The second-order valence-corrected chi connectivity index (χ2v) is 7.51. The molecule has 1 fully saturated rings. The fourth-order valence-corrected chi connectivity index (χ4v) is 3.79. The van der Waals surface area contributed by atoms with Crippen LogP contribution in [0.5, 0.6) is 11.5 Å². The molecule has 0 aliphatic carbocycles. The van der Waals surface area contributed by atoms with Gasteiger partial charge in [-0.25, -0.2) is 9.97 Å². The van der Waals surface area contributed by atoms with Gasteiger partial charge in [0.1, 0.15) is 23.6 Å². The third-order valence-electron chi connectivity index (χ3n) is 5.44. The van der Waals surface area contributed by atoms with Gasteiger partial charge in [-0.05, 0) is 55.3 Å². The standard InChI is InChI=1S/C25H25N5O2/c1-2-23(31)30-14-6-7-19(30)15-28-25-22(16-27-17-29-25)24(26)18-10-12-21(13-11-18)32-20-8-4-3-5-9-20/h2-5,8-13,16-17,19,26H,1,6-7,14-15H2,(H,27,28,29)/t19-/m0/s1. The maximum absolute atomic E-state index is 12.0. The van der Waals surface area contributed by atoms with Crippen molar-refractivity contribution in [2.45, 2.75) is 18.9 Å². The molecule has 1 atom stereocenters. The monoisotopic (exact) mass is 427 g/mol. The van der Waals surface area contributed by atoms with Crippen molar-refractivity contribution in [1.82, 2.24) is 14.9 Å². The van der Waals surface area contributed by atoms with Gasteiger partial charge in [-0.2, -0.15) is 0 Å². The number of hydrogen-bond donors (Lipinski definition) is 2. The quantitative estimate of drug-likeness (QED) is 0.414. The van der Waals surface area contributed by atoms with Gasteiger partial charge in [-0.15, -0.1) is 0 Å². The SMILES string of the molecule is C=CC(=O)N1CCC[C@H]1CNc1ncncc1C(=N)c1ccc(Oc2ccccc2)cc1. The fourth-order valence-electron chi connectivity index (χ4n) is 3.79. The Kier molecular flexibility index (Phi) is 6.55. The topological polar surface area (TPSA) is 91.2 Å². The van der Waals surface area contributed by atoms with E-state index in [9.17, 15) is 4.79 Å². The third kappa shape index (κ3) is 4.83. The summed E-state index contributed by atoms with van der Waals surface area (Å²) in [4.78, 5) is 22.3. The summed E-state index contributed by atoms with van der Waals surface area (Å²) < 4.78 is 5.83. The first-order valence-corrected chi connectivity index (χ1v) is 10.5. The number of carbonyl (C=O) groups is 1. The molecule has 3 aromatic rings. The van der Waals surface area contributed by atoms with Crippen molar-refractivity contribution in [1.29, 1.82) is 5.41 Å². The number of rotatable bonds is 8. The summed E-state index contributed by atoms with van der Waals surface area (Å²) in [6.07, 6.45) is 6.34. The van der Waals surface area contributed by atoms with Crippen molar-refractivity contribution in [3.63, 3.8) is 0 Å². The fraction of sp³-hybridized carbons (Fsp3) is 0.200. The molecule has 1 amide bonds. The van der Waals surface area contributed by atoms with Crippen LogP contribution in [0.4, 0.5) is 5.82 Å². The normalized spacial score (nSPS) is 15.2. The molecule has 1 aliphatic rings. The Hall–Kier alpha value is -4.00. The average molecular weight is 428 g/mol. The summed E-state index contributed by atoms with van der Waals surface area (Å²) in [6, 6.07) is 17.0. The van der Waals surface area contributed by atoms with E-state index in [1.54, 1.807) is 6.20 Å². The van der Waals surface area contributed by atoms with E-state index in [0.29, 0.717) is 29.4 Å². The smallest absolute Gasteiger partial charge is 0.246 e. The highest BCUT2D eigenvalue weighted by Gasteiger charge is 2.27. The molecule has 2 N–H and O–H groups in total. The summed E-state index contributed by atoms with van der Waals surface area (Å²) >= 11 is 0. The average Bonchev–Trinajstić information content (AvgIpc) is 3.32. The van der Waals surface area contributed by atoms with Gasteiger partial charge in [0.2, 0.25) is 5.91 Å². The summed E-state index contributed by atoms with van der Waals surface area (Å²) in [6.45, 7) is 4.88. The van der Waals surface area contributed by atoms with E-state index in [-0.39, 0.29) is 11.9 Å². The summed E-state index contributed by atoms with van der Waals surface area (Å²) in [5.74, 6) is 1.98. The molecule has 0 spiro atoms. The first kappa shape index (κ1) is 21.2. The van der Waals surface area contributed by atoms with Crippen molar-refractivity contribution in [3.05, 3.63) is 90.9 Å². The lowest BCUT2D eigenvalue weighted by molar-refractivity contribution is -0.126. The second kappa shape index (κ2) is 9.87. The van der Waals surface area contributed by atoms with Gasteiger partial charge in [0.25, 0.3) is 0 Å². The Labute approximate surface area is 187 Å². The van der Waals surface area contributed by atoms with E-state index in [0.717, 1.165) is 30.7 Å². The molecule has 162 valence electrons. The number of carbonyl (C=O) groups excluding carboxylic acids is 1. The van der Waals surface area contributed by atoms with Crippen LogP contribution in [0.1, 0.15) is 24.0 Å². The lowest BCUT2D eigenvalue weighted by atomic mass is 10.0. The molecule has 0 radical (unpaired) electrons. The minimum absolute atomic E-state index is 0.0530. The van der Waals surface area contributed by atoms with Crippen LogP contribution in [0, 0.1) is 5.41 Å². The summed E-state index contributed by atoms with van der Waals surface area (Å²) in [5, 5.41) is 12.0. The van der Waals surface area contributed by atoms with Crippen molar-refractivity contribution < 1.29 is 9.53 Å². The number of nitrogens with zero attached hydrogens (tertiary/aromatic N) is 3. The highest BCUT2D eigenvalue weighted by atomic mass is 16.5. The van der Waals surface area contributed by atoms with Gasteiger partial charge >= 0.3 is 0 Å². The summed E-state index contributed by atoms with van der Waals surface area (Å²) in [7, 11) is 0. The number of benzene rings is 2. The number of para-hydroxylation sites is 1. The van der Waals surface area contributed by atoms with E-state index in [1.807, 2.05) is 59.5 Å². The molecule has 7 heteroatoms. The van der Waals surface area contributed by atoms with Crippen LogP contribution in [0.2, 0.25) is 0 Å². The highest BCUT2D eigenvalue weighted by molar-refractivity contribution is 6.13. The Balaban J connectivity index is 1.45. The Morgan fingerprint density at radius 3 is 2.69 bits per heavy atom. The molecular formula is C25H25N5O2. The number of aromatic nitrogens is 2. The van der Waals surface area contributed by atoms with Crippen LogP contribution in [0.15, 0.2) is 79.8 Å². The minimum atomic E-state index is -0.0530. The molecule has 4 rings (SSSR count). The van der Waals surface area contributed by atoms with Gasteiger partial charge in [-0.3, -0.25) is 10.2 Å². The molecule has 2 heterocycles. The van der Waals surface area contributed by atoms with Gasteiger partial charge < -0.3 is 15.0 Å². The number of likely N-dealkylation sites (tertiary alicyclic amines) is 1. The van der Waals surface area contributed by atoms with E-state index < -0.39 is 0 Å². The molecule has 32 heavy (non-hydrogen) atoms. The zero-order valence-electron chi connectivity index (χ0n) is 17.7. The maximum atomic E-state index is 12.0. The Morgan fingerprint density at radius 1 is 1.19 bits per heavy atom. The number of ether oxygens (including phenoxy) is 1. The first-order valence-electron chi connectivity index (χ1n) is 10.5. The van der Waals surface area contributed by atoms with Crippen molar-refractivity contribution >= 4 is 17.4 Å². The highest BCUT2D eigenvalue weighted by Crippen LogP contribution is 2.24. The predicted molar refractivity (Wildman–Crippen MR) is 124 cm³/mol. The van der Waals surface area contributed by atoms with E-state index in [2.05, 4.69) is 21.9 Å². The van der Waals surface area contributed by atoms with Crippen LogP contribution in [-0.4, -0.2) is 45.6 Å². The van der Waals surface area contributed by atoms with Crippen molar-refractivity contribution in [3.8, 4) is 11.5 Å². The number of hydrogen-bond acceptors (Lipinski definition) is 6. The molecule has 0 unspecified atom stereocenters. The predicted octanol–water partition coefficient (Wildman–Crippen LogP) is 4.27. The summed E-state index contributed by atoms with van der Waals surface area (Å²) in [5.41, 5.74) is 1.64. The van der Waals surface area contributed by atoms with Crippen molar-refractivity contribution in [2.75, 3.05) is 18.4 Å². The van der Waals surface area contributed by atoms with Crippen LogP contribution in [0.3, 0.4) is 0 Å². The number of amides is 1. The number of nitrogens with one attached hydrogen (secondary N) is 2. The molecule has 2 aromatic carbocycles. The molecule has 0 saturated carbocycles. The Bertz CT molecular complexity index is 1100. The maximum Gasteiger partial charge on any atom is 0.246 e. The van der Waals surface area contributed by atoms with E-state index in [1.165, 1.54) is 12.4 Å². The van der Waals surface area contributed by atoms with Gasteiger partial charge in [-0.1, -0.05) is 24.8 Å². The third-order valence-corrected chi connectivity index (χ3v) is 5.44. The van der Waals surface area contributed by atoms with E-state index >= 15 is 0 Å². The molecule has 1 saturated heterocycles. The first-order chi connectivity index (χ1) is 15.7. The molecular weight excluding hydrogens is 402 g/mol. The van der Waals surface area contributed by atoms with Gasteiger partial charge in [0, 0.05) is 30.9 Å². The second-order valence-electron chi connectivity index (χ2n) is 7.51. The molecule has 7 nitrogen and oxygen atoms in total. The lowest BCUT2D eigenvalue weighted by Crippen LogP contribution is -2.38. The largest absolute Gasteiger partial charge is 0.457 e. The van der Waals surface area contributed by atoms with E-state index in [4.69, 9.17) is 10.1 Å². The molecule has 1 aliphatic heterocycles. The zero-order chi connectivity index (χ0) is 22.3. The Morgan fingerprint density at radius 2 is 1.94 bits per heavy atom. The van der Waals surface area contributed by atoms with Crippen LogP contribution in [0.25, 0.3) is 0 Å². The van der Waals surface area contributed by atoms with Crippen LogP contribution < -0.4 is 10.1 Å². The van der Waals surface area contributed by atoms with Crippen molar-refractivity contribution in [2.24, 2.45) is 0 Å². The van der Waals surface area contributed by atoms with Crippen LogP contribution >= 0.6 is 0 Å². The van der Waals surface area contributed by atoms with Crippen LogP contribution in [-0.2, 0) is 4.79 Å². The zero-order valence-corrected chi connectivity index (χ0v) is 17.7. The molecule has 1 aromatic heterocycles.